The SMILES string of the molecule is O=C(CNC1CCOc2c(Cl)cc(Cl)cc21)N1CCCC1. The summed E-state index contributed by atoms with van der Waals surface area (Å²) < 4.78 is 5.62. The largest absolute Gasteiger partial charge is 0.492 e. The first-order valence-electron chi connectivity index (χ1n) is 7.28. The van der Waals surface area contributed by atoms with Crippen molar-refractivity contribution >= 4 is 29.1 Å². The molecule has 114 valence electrons. The van der Waals surface area contributed by atoms with Gasteiger partial charge >= 0.3 is 0 Å². The predicted octanol–water partition coefficient (Wildman–Crippen LogP) is 3.03. The van der Waals surface area contributed by atoms with Gasteiger partial charge in [0, 0.05) is 36.1 Å². The summed E-state index contributed by atoms with van der Waals surface area (Å²) in [5, 5.41) is 4.43. The molecule has 1 unspecified atom stereocenters. The number of hydrogen-bond acceptors (Lipinski definition) is 3. The fourth-order valence-corrected chi connectivity index (χ4v) is 3.49. The van der Waals surface area contributed by atoms with Crippen LogP contribution in [0.4, 0.5) is 0 Å². The number of carbonyl (C=O) groups is 1. The van der Waals surface area contributed by atoms with E-state index in [1.807, 2.05) is 11.0 Å². The van der Waals surface area contributed by atoms with Gasteiger partial charge in [0.1, 0.15) is 5.75 Å². The summed E-state index contributed by atoms with van der Waals surface area (Å²) >= 11 is 12.2. The van der Waals surface area contributed by atoms with Crippen LogP contribution in [-0.2, 0) is 4.79 Å². The van der Waals surface area contributed by atoms with Crippen molar-refractivity contribution in [3.63, 3.8) is 0 Å². The molecule has 21 heavy (non-hydrogen) atoms. The van der Waals surface area contributed by atoms with Crippen LogP contribution in [0.25, 0.3) is 0 Å². The molecule has 1 saturated heterocycles. The van der Waals surface area contributed by atoms with Gasteiger partial charge in [0.05, 0.1) is 18.2 Å². The minimum absolute atomic E-state index is 0.0523. The van der Waals surface area contributed by atoms with Gasteiger partial charge in [0.25, 0.3) is 0 Å². The van der Waals surface area contributed by atoms with Gasteiger partial charge in [-0.2, -0.15) is 0 Å². The second-order valence-electron chi connectivity index (χ2n) is 5.46. The molecule has 0 spiro atoms. The Morgan fingerprint density at radius 2 is 2.10 bits per heavy atom. The van der Waals surface area contributed by atoms with Crippen LogP contribution in [0.2, 0.25) is 10.0 Å². The van der Waals surface area contributed by atoms with Crippen LogP contribution in [0.15, 0.2) is 12.1 Å². The van der Waals surface area contributed by atoms with Crippen LogP contribution in [0.5, 0.6) is 5.75 Å². The minimum atomic E-state index is 0.0523. The maximum atomic E-state index is 12.1. The number of benzene rings is 1. The Morgan fingerprint density at radius 3 is 2.86 bits per heavy atom. The van der Waals surface area contributed by atoms with Crippen molar-refractivity contribution in [1.82, 2.24) is 10.2 Å². The van der Waals surface area contributed by atoms with Crippen molar-refractivity contribution in [3.05, 3.63) is 27.7 Å². The molecule has 2 aliphatic heterocycles. The summed E-state index contributed by atoms with van der Waals surface area (Å²) in [6, 6.07) is 3.59. The first-order chi connectivity index (χ1) is 10.1. The molecule has 1 atom stereocenters. The van der Waals surface area contributed by atoms with Crippen LogP contribution >= 0.6 is 23.2 Å². The van der Waals surface area contributed by atoms with E-state index in [9.17, 15) is 4.79 Å². The number of likely N-dealkylation sites (tertiary alicyclic amines) is 1. The molecule has 1 N–H and O–H groups in total. The van der Waals surface area contributed by atoms with Crippen LogP contribution in [-0.4, -0.2) is 37.0 Å². The summed E-state index contributed by atoms with van der Waals surface area (Å²) in [6.07, 6.45) is 3.02. The third-order valence-corrected chi connectivity index (χ3v) is 4.52. The Labute approximate surface area is 134 Å². The van der Waals surface area contributed by atoms with Gasteiger partial charge in [-0.25, -0.2) is 0 Å². The van der Waals surface area contributed by atoms with E-state index in [-0.39, 0.29) is 11.9 Å². The number of nitrogens with one attached hydrogen (secondary N) is 1. The molecule has 2 heterocycles. The molecule has 6 heteroatoms. The number of halogens is 2. The lowest BCUT2D eigenvalue weighted by Crippen LogP contribution is -2.38. The third-order valence-electron chi connectivity index (χ3n) is 4.02. The average Bonchev–Trinajstić information content (AvgIpc) is 2.99. The van der Waals surface area contributed by atoms with Crippen molar-refractivity contribution in [2.45, 2.75) is 25.3 Å². The molecule has 0 aliphatic carbocycles. The Morgan fingerprint density at radius 1 is 1.33 bits per heavy atom. The van der Waals surface area contributed by atoms with Gasteiger partial charge in [-0.3, -0.25) is 4.79 Å². The Kier molecular flexibility index (Phi) is 4.57. The summed E-state index contributed by atoms with van der Waals surface area (Å²) in [6.45, 7) is 2.68. The smallest absolute Gasteiger partial charge is 0.236 e. The number of hydrogen-bond donors (Lipinski definition) is 1. The monoisotopic (exact) mass is 328 g/mol. The first kappa shape index (κ1) is 14.9. The highest BCUT2D eigenvalue weighted by molar-refractivity contribution is 6.35. The highest BCUT2D eigenvalue weighted by atomic mass is 35.5. The van der Waals surface area contributed by atoms with E-state index in [4.69, 9.17) is 27.9 Å². The Balaban J connectivity index is 1.69. The van der Waals surface area contributed by atoms with Gasteiger partial charge in [-0.15, -0.1) is 0 Å². The molecule has 1 aromatic rings. The maximum absolute atomic E-state index is 12.1. The number of ether oxygens (including phenoxy) is 1. The molecule has 3 rings (SSSR count). The van der Waals surface area contributed by atoms with E-state index in [0.717, 1.165) is 37.9 Å². The lowest BCUT2D eigenvalue weighted by molar-refractivity contribution is -0.129. The molecule has 4 nitrogen and oxygen atoms in total. The fourth-order valence-electron chi connectivity index (χ4n) is 2.93. The van der Waals surface area contributed by atoms with Gasteiger partial charge in [-0.1, -0.05) is 23.2 Å². The van der Waals surface area contributed by atoms with Crippen LogP contribution < -0.4 is 10.1 Å². The van der Waals surface area contributed by atoms with Crippen molar-refractivity contribution in [2.75, 3.05) is 26.2 Å². The first-order valence-corrected chi connectivity index (χ1v) is 8.03. The predicted molar refractivity (Wildman–Crippen MR) is 83.1 cm³/mol. The summed E-state index contributed by atoms with van der Waals surface area (Å²) in [5.41, 5.74) is 0.938. The highest BCUT2D eigenvalue weighted by Crippen LogP contribution is 2.39. The topological polar surface area (TPSA) is 41.6 Å². The van der Waals surface area contributed by atoms with E-state index in [1.54, 1.807) is 6.07 Å². The number of rotatable bonds is 3. The van der Waals surface area contributed by atoms with E-state index < -0.39 is 0 Å². The average molecular weight is 329 g/mol. The molecule has 1 amide bonds. The van der Waals surface area contributed by atoms with E-state index in [2.05, 4.69) is 5.32 Å². The highest BCUT2D eigenvalue weighted by Gasteiger charge is 2.25. The Hall–Kier alpha value is -0.970. The van der Waals surface area contributed by atoms with E-state index in [1.165, 1.54) is 0 Å². The molecule has 0 radical (unpaired) electrons. The summed E-state index contributed by atoms with van der Waals surface area (Å²) in [7, 11) is 0. The van der Waals surface area contributed by atoms with Crippen molar-refractivity contribution < 1.29 is 9.53 Å². The van der Waals surface area contributed by atoms with Crippen LogP contribution in [0.1, 0.15) is 30.9 Å². The number of carbonyl (C=O) groups excluding carboxylic acids is 1. The number of nitrogens with zero attached hydrogens (tertiary/aromatic N) is 1. The lowest BCUT2D eigenvalue weighted by atomic mass is 10.0. The molecule has 2 aliphatic rings. The molecule has 1 aromatic carbocycles. The zero-order valence-electron chi connectivity index (χ0n) is 11.7. The zero-order valence-corrected chi connectivity index (χ0v) is 13.2. The van der Waals surface area contributed by atoms with Crippen molar-refractivity contribution in [2.24, 2.45) is 0 Å². The summed E-state index contributed by atoms with van der Waals surface area (Å²) in [5.74, 6) is 0.840. The third kappa shape index (κ3) is 3.28. The van der Waals surface area contributed by atoms with Gasteiger partial charge in [-0.05, 0) is 25.0 Å². The Bertz CT molecular complexity index is 545. The van der Waals surface area contributed by atoms with Crippen LogP contribution in [0, 0.1) is 0 Å². The summed E-state index contributed by atoms with van der Waals surface area (Å²) in [4.78, 5) is 14.0. The number of fused-ring (bicyclic) bond motifs is 1. The molecular weight excluding hydrogens is 311 g/mol. The fraction of sp³-hybridized carbons (Fsp3) is 0.533. The van der Waals surface area contributed by atoms with Gasteiger partial charge in [0.2, 0.25) is 5.91 Å². The molecule has 1 fully saturated rings. The molecule has 0 aromatic heterocycles. The second-order valence-corrected chi connectivity index (χ2v) is 6.31. The zero-order chi connectivity index (χ0) is 14.8. The molecule has 0 saturated carbocycles. The van der Waals surface area contributed by atoms with Crippen molar-refractivity contribution in [1.29, 1.82) is 0 Å². The standard InChI is InChI=1S/C15H18Cl2N2O2/c16-10-7-11-13(3-6-21-15(11)12(17)8-10)18-9-14(20)19-4-1-2-5-19/h7-8,13,18H,1-6,9H2. The van der Waals surface area contributed by atoms with E-state index >= 15 is 0 Å². The normalized spacial score (nSPS) is 21.0. The minimum Gasteiger partial charge on any atom is -0.492 e. The number of amides is 1. The maximum Gasteiger partial charge on any atom is 0.236 e. The second kappa shape index (κ2) is 6.42. The van der Waals surface area contributed by atoms with E-state index in [0.29, 0.717) is 28.9 Å². The van der Waals surface area contributed by atoms with Crippen molar-refractivity contribution in [3.8, 4) is 5.75 Å². The van der Waals surface area contributed by atoms with Gasteiger partial charge < -0.3 is 15.0 Å². The lowest BCUT2D eigenvalue weighted by Gasteiger charge is -2.28. The quantitative estimate of drug-likeness (QED) is 0.927. The van der Waals surface area contributed by atoms with Gasteiger partial charge in [0.15, 0.2) is 0 Å². The molecular formula is C15H18Cl2N2O2. The molecule has 0 bridgehead atoms. The van der Waals surface area contributed by atoms with Crippen LogP contribution in [0.3, 0.4) is 0 Å².